The second-order valence-electron chi connectivity index (χ2n) is 7.70. The molecule has 0 saturated heterocycles. The van der Waals surface area contributed by atoms with Gasteiger partial charge >= 0.3 is 0 Å². The van der Waals surface area contributed by atoms with Crippen LogP contribution in [-0.4, -0.2) is 35.8 Å². The molecule has 4 aromatic rings. The number of carbonyl (C=O) groups excluding carboxylic acids is 2. The number of rotatable bonds is 10. The van der Waals surface area contributed by atoms with E-state index in [1.807, 2.05) is 73.0 Å². The van der Waals surface area contributed by atoms with Gasteiger partial charge in [0.15, 0.2) is 11.7 Å². The van der Waals surface area contributed by atoms with Gasteiger partial charge in [0.1, 0.15) is 11.5 Å². The lowest BCUT2D eigenvalue weighted by atomic mass is 10.2. The maximum Gasteiger partial charge on any atom is 0.262 e. The number of carbonyl (C=O) groups is 2. The van der Waals surface area contributed by atoms with E-state index in [0.717, 1.165) is 21.9 Å². The molecule has 4 rings (SSSR count). The Morgan fingerprint density at radius 2 is 1.75 bits per heavy atom. The van der Waals surface area contributed by atoms with E-state index < -0.39 is 0 Å². The first kappa shape index (κ1) is 25.3. The predicted molar refractivity (Wildman–Crippen MR) is 145 cm³/mol. The molecule has 1 heterocycles. The number of amides is 2. The number of anilines is 2. The van der Waals surface area contributed by atoms with E-state index in [0.29, 0.717) is 16.6 Å². The molecular weight excluding hydrogens is 494 g/mol. The van der Waals surface area contributed by atoms with Gasteiger partial charge in [0.25, 0.3) is 5.91 Å². The summed E-state index contributed by atoms with van der Waals surface area (Å²) in [5.41, 5.74) is 2.33. The molecule has 0 saturated carbocycles. The van der Waals surface area contributed by atoms with Gasteiger partial charge in [-0.3, -0.25) is 9.59 Å². The highest BCUT2D eigenvalue weighted by Crippen LogP contribution is 2.29. The fraction of sp³-hybridized carbons (Fsp3) is 0.148. The van der Waals surface area contributed by atoms with Gasteiger partial charge in [-0.25, -0.2) is 4.98 Å². The smallest absolute Gasteiger partial charge is 0.262 e. The molecule has 0 fully saturated rings. The lowest BCUT2D eigenvalue weighted by Crippen LogP contribution is -2.22. The van der Waals surface area contributed by atoms with E-state index in [1.54, 1.807) is 25.3 Å². The SMILES string of the molecule is COc1cccc(-c2csc(NC(=O)C(C)Sc3cccc(NC(=O)COc4ccccc4)c3)n2)c1. The lowest BCUT2D eigenvalue weighted by molar-refractivity contribution is -0.118. The molecule has 1 unspecified atom stereocenters. The molecule has 36 heavy (non-hydrogen) atoms. The van der Waals surface area contributed by atoms with Crippen LogP contribution in [0.15, 0.2) is 89.1 Å². The Morgan fingerprint density at radius 1 is 0.972 bits per heavy atom. The molecule has 2 amide bonds. The summed E-state index contributed by atoms with van der Waals surface area (Å²) in [6.45, 7) is 1.74. The summed E-state index contributed by atoms with van der Waals surface area (Å²) in [5, 5.41) is 7.77. The summed E-state index contributed by atoms with van der Waals surface area (Å²) in [5.74, 6) is 0.963. The molecule has 0 aliphatic rings. The van der Waals surface area contributed by atoms with Crippen molar-refractivity contribution in [2.45, 2.75) is 17.1 Å². The third-order valence-corrected chi connectivity index (χ3v) is 6.86. The largest absolute Gasteiger partial charge is 0.497 e. The maximum atomic E-state index is 12.8. The van der Waals surface area contributed by atoms with E-state index in [-0.39, 0.29) is 23.7 Å². The average Bonchev–Trinajstić information content (AvgIpc) is 3.37. The van der Waals surface area contributed by atoms with Gasteiger partial charge in [0, 0.05) is 21.5 Å². The lowest BCUT2D eigenvalue weighted by Gasteiger charge is -2.12. The number of hydrogen-bond acceptors (Lipinski definition) is 7. The van der Waals surface area contributed by atoms with Gasteiger partial charge in [-0.05, 0) is 49.4 Å². The first-order chi connectivity index (χ1) is 17.5. The van der Waals surface area contributed by atoms with Gasteiger partial charge in [-0.2, -0.15) is 0 Å². The normalized spacial score (nSPS) is 11.4. The maximum absolute atomic E-state index is 12.8. The minimum atomic E-state index is -0.374. The van der Waals surface area contributed by atoms with Gasteiger partial charge < -0.3 is 20.1 Å². The molecule has 184 valence electrons. The predicted octanol–water partition coefficient (Wildman–Crippen LogP) is 5.96. The number of thioether (sulfide) groups is 1. The van der Waals surface area contributed by atoms with Crippen molar-refractivity contribution in [1.29, 1.82) is 0 Å². The van der Waals surface area contributed by atoms with Crippen LogP contribution in [0.1, 0.15) is 6.92 Å². The third kappa shape index (κ3) is 7.10. The van der Waals surface area contributed by atoms with Crippen molar-refractivity contribution in [3.05, 3.63) is 84.2 Å². The number of benzene rings is 3. The van der Waals surface area contributed by atoms with Crippen LogP contribution in [0.3, 0.4) is 0 Å². The van der Waals surface area contributed by atoms with E-state index in [2.05, 4.69) is 15.6 Å². The third-order valence-electron chi connectivity index (χ3n) is 5.01. The summed E-state index contributed by atoms with van der Waals surface area (Å²) in [6.07, 6.45) is 0. The highest BCUT2D eigenvalue weighted by atomic mass is 32.2. The number of ether oxygens (including phenoxy) is 2. The number of thiazole rings is 1. The topological polar surface area (TPSA) is 89.6 Å². The zero-order valence-corrected chi connectivity index (χ0v) is 21.4. The van der Waals surface area contributed by atoms with Crippen LogP contribution >= 0.6 is 23.1 Å². The number of aromatic nitrogens is 1. The van der Waals surface area contributed by atoms with Crippen molar-refractivity contribution < 1.29 is 19.1 Å². The Hall–Kier alpha value is -3.82. The molecule has 2 N–H and O–H groups in total. The standard InChI is InChI=1S/C27H25N3O4S2/c1-18(26(32)30-27-29-24(17-35-27)19-8-6-12-22(14-19)33-2)36-23-13-7-9-20(15-23)28-25(31)16-34-21-10-4-3-5-11-21/h3-15,17-18H,16H2,1-2H3,(H,28,31)(H,29,30,32). The van der Waals surface area contributed by atoms with Gasteiger partial charge in [0.05, 0.1) is 18.1 Å². The second kappa shape index (κ2) is 12.2. The monoisotopic (exact) mass is 519 g/mol. The molecule has 0 spiro atoms. The Kier molecular flexibility index (Phi) is 8.59. The number of para-hydroxylation sites is 1. The summed E-state index contributed by atoms with van der Waals surface area (Å²) in [6, 6.07) is 24.1. The Balaban J connectivity index is 1.30. The highest BCUT2D eigenvalue weighted by molar-refractivity contribution is 8.00. The summed E-state index contributed by atoms with van der Waals surface area (Å²) in [4.78, 5) is 30.4. The fourth-order valence-electron chi connectivity index (χ4n) is 3.22. The number of nitrogens with zero attached hydrogens (tertiary/aromatic N) is 1. The minimum Gasteiger partial charge on any atom is -0.497 e. The number of nitrogens with one attached hydrogen (secondary N) is 2. The van der Waals surface area contributed by atoms with Crippen molar-refractivity contribution in [2.75, 3.05) is 24.4 Å². The van der Waals surface area contributed by atoms with E-state index in [9.17, 15) is 9.59 Å². The number of methoxy groups -OCH3 is 1. The molecule has 7 nitrogen and oxygen atoms in total. The van der Waals surface area contributed by atoms with Crippen LogP contribution in [-0.2, 0) is 9.59 Å². The van der Waals surface area contributed by atoms with E-state index >= 15 is 0 Å². The Bertz CT molecular complexity index is 1330. The van der Waals surface area contributed by atoms with Crippen LogP contribution in [0.4, 0.5) is 10.8 Å². The summed E-state index contributed by atoms with van der Waals surface area (Å²) < 4.78 is 10.8. The molecule has 1 aromatic heterocycles. The van der Waals surface area contributed by atoms with Crippen LogP contribution < -0.4 is 20.1 Å². The van der Waals surface area contributed by atoms with E-state index in [4.69, 9.17) is 9.47 Å². The molecule has 0 bridgehead atoms. The fourth-order valence-corrected chi connectivity index (χ4v) is 4.87. The number of hydrogen-bond donors (Lipinski definition) is 2. The van der Waals surface area contributed by atoms with Crippen LogP contribution in [0.25, 0.3) is 11.3 Å². The first-order valence-corrected chi connectivity index (χ1v) is 12.9. The van der Waals surface area contributed by atoms with E-state index in [1.165, 1.54) is 23.1 Å². The van der Waals surface area contributed by atoms with Crippen molar-refractivity contribution >= 4 is 45.7 Å². The van der Waals surface area contributed by atoms with Gasteiger partial charge in [0.2, 0.25) is 5.91 Å². The Labute approximate surface area is 217 Å². The van der Waals surface area contributed by atoms with Crippen LogP contribution in [0.2, 0.25) is 0 Å². The quantitative estimate of drug-likeness (QED) is 0.252. The van der Waals surface area contributed by atoms with Gasteiger partial charge in [-0.1, -0.05) is 36.4 Å². The average molecular weight is 520 g/mol. The van der Waals surface area contributed by atoms with Crippen molar-refractivity contribution in [1.82, 2.24) is 4.98 Å². The zero-order chi connectivity index (χ0) is 25.3. The summed E-state index contributed by atoms with van der Waals surface area (Å²) >= 11 is 2.77. The first-order valence-electron chi connectivity index (χ1n) is 11.2. The molecular formula is C27H25N3O4S2. The van der Waals surface area contributed by atoms with Crippen molar-refractivity contribution in [3.8, 4) is 22.8 Å². The Morgan fingerprint density at radius 3 is 2.56 bits per heavy atom. The zero-order valence-electron chi connectivity index (χ0n) is 19.8. The minimum absolute atomic E-state index is 0.0915. The molecule has 9 heteroatoms. The van der Waals surface area contributed by atoms with Crippen LogP contribution in [0, 0.1) is 0 Å². The molecule has 0 aliphatic carbocycles. The molecule has 1 atom stereocenters. The summed E-state index contributed by atoms with van der Waals surface area (Å²) in [7, 11) is 1.62. The highest BCUT2D eigenvalue weighted by Gasteiger charge is 2.17. The van der Waals surface area contributed by atoms with Crippen molar-refractivity contribution in [3.63, 3.8) is 0 Å². The van der Waals surface area contributed by atoms with Gasteiger partial charge in [-0.15, -0.1) is 23.1 Å². The molecule has 0 aliphatic heterocycles. The van der Waals surface area contributed by atoms with Crippen LogP contribution in [0.5, 0.6) is 11.5 Å². The van der Waals surface area contributed by atoms with Crippen molar-refractivity contribution in [2.24, 2.45) is 0 Å². The second-order valence-corrected chi connectivity index (χ2v) is 9.97. The molecule has 0 radical (unpaired) electrons. The molecule has 3 aromatic carbocycles.